The molecule has 2 aromatic rings. The molecule has 1 aliphatic rings. The number of rotatable bonds is 7. The van der Waals surface area contributed by atoms with Crippen LogP contribution in [-0.4, -0.2) is 104 Å². The number of nitrogens with zero attached hydrogens (tertiary/aromatic N) is 4. The third-order valence-corrected chi connectivity index (χ3v) is 6.30. The maximum Gasteiger partial charge on any atom is 0.264 e. The molecule has 0 saturated heterocycles. The van der Waals surface area contributed by atoms with Crippen LogP contribution in [0.5, 0.6) is 0 Å². The average molecular weight is 532 g/mol. The van der Waals surface area contributed by atoms with Crippen molar-refractivity contribution < 1.29 is 48.0 Å². The monoisotopic (exact) mass is 531 g/mol. The first-order valence-corrected chi connectivity index (χ1v) is 14.4. The highest BCUT2D eigenvalue weighted by Gasteiger charge is 2.56. The van der Waals surface area contributed by atoms with E-state index in [0.717, 1.165) is 17.2 Å². The van der Waals surface area contributed by atoms with Gasteiger partial charge in [-0.2, -0.15) is 25.3 Å². The predicted molar refractivity (Wildman–Crippen MR) is 110 cm³/mol. The van der Waals surface area contributed by atoms with Crippen LogP contribution in [0.3, 0.4) is 0 Å². The van der Waals surface area contributed by atoms with Crippen LogP contribution in [0, 0.1) is 0 Å². The molecule has 33 heavy (non-hydrogen) atoms. The molecule has 0 radical (unpaired) electrons. The number of aliphatic hydroxyl groups excluding tert-OH is 2. The third kappa shape index (κ3) is 5.74. The van der Waals surface area contributed by atoms with Crippen molar-refractivity contribution in [3.63, 3.8) is 0 Å². The summed E-state index contributed by atoms with van der Waals surface area (Å²) in [6.07, 6.45) is -6.17. The van der Waals surface area contributed by atoms with Crippen molar-refractivity contribution in [3.8, 4) is 0 Å². The molecular formula is C14H21N5O11S3. The van der Waals surface area contributed by atoms with Gasteiger partial charge in [0, 0.05) is 0 Å². The summed E-state index contributed by atoms with van der Waals surface area (Å²) in [7, 11) is -13.1. The van der Waals surface area contributed by atoms with Crippen LogP contribution in [0.15, 0.2) is 12.7 Å². The summed E-state index contributed by atoms with van der Waals surface area (Å²) in [5.74, 6) is -0.0512. The fourth-order valence-corrected chi connectivity index (χ4v) is 5.40. The first-order chi connectivity index (χ1) is 15.0. The Morgan fingerprint density at radius 2 is 1.27 bits per heavy atom. The Morgan fingerprint density at radius 3 is 1.73 bits per heavy atom. The van der Waals surface area contributed by atoms with E-state index in [2.05, 4.69) is 15.0 Å². The quantitative estimate of drug-likeness (QED) is 0.297. The summed E-state index contributed by atoms with van der Waals surface area (Å²) in [6.45, 7) is 0. The van der Waals surface area contributed by atoms with Crippen LogP contribution in [0.1, 0.15) is 6.04 Å². The molecule has 1 fully saturated rings. The van der Waals surface area contributed by atoms with Crippen molar-refractivity contribution in [1.82, 2.24) is 19.5 Å². The Bertz CT molecular complexity index is 1310. The minimum Gasteiger partial charge on any atom is -0.388 e. The van der Waals surface area contributed by atoms with E-state index in [4.69, 9.17) is 18.3 Å². The fourth-order valence-electron chi connectivity index (χ4n) is 3.52. The van der Waals surface area contributed by atoms with Crippen LogP contribution in [-0.2, 0) is 42.9 Å². The van der Waals surface area contributed by atoms with Crippen LogP contribution in [0.2, 0.25) is 0 Å². The minimum absolute atomic E-state index is 0.00991. The number of fused-ring (bicyclic) bond motifs is 1. The third-order valence-electron chi connectivity index (χ3n) is 4.59. The van der Waals surface area contributed by atoms with Crippen molar-refractivity contribution in [1.29, 1.82) is 0 Å². The lowest BCUT2D eigenvalue weighted by Gasteiger charge is -2.45. The SMILES string of the molecule is CS(=O)(=O)OC1[C@@H](OS(C)(=O)=O)[C@@H](O)C(n2cnc3c(N)ncnc32)[C@H](O)[C@@H]1OS(C)(=O)=O. The second kappa shape index (κ2) is 8.65. The summed E-state index contributed by atoms with van der Waals surface area (Å²) < 4.78 is 86.7. The van der Waals surface area contributed by atoms with Crippen molar-refractivity contribution in [2.24, 2.45) is 0 Å². The summed E-state index contributed by atoms with van der Waals surface area (Å²) in [5.41, 5.74) is 5.79. The molecule has 0 amide bonds. The topological polar surface area (TPSA) is 240 Å². The van der Waals surface area contributed by atoms with Crippen LogP contribution < -0.4 is 5.73 Å². The van der Waals surface area contributed by atoms with Gasteiger partial charge >= 0.3 is 0 Å². The van der Waals surface area contributed by atoms with E-state index in [-0.39, 0.29) is 17.0 Å². The van der Waals surface area contributed by atoms with Gasteiger partial charge in [0.05, 0.1) is 31.1 Å². The van der Waals surface area contributed by atoms with Gasteiger partial charge in [-0.3, -0.25) is 12.5 Å². The van der Waals surface area contributed by atoms with E-state index in [1.807, 2.05) is 0 Å². The largest absolute Gasteiger partial charge is 0.388 e. The Kier molecular flexibility index (Phi) is 6.72. The van der Waals surface area contributed by atoms with Gasteiger partial charge in [-0.25, -0.2) is 15.0 Å². The van der Waals surface area contributed by atoms with E-state index in [1.165, 1.54) is 0 Å². The highest BCUT2D eigenvalue weighted by Crippen LogP contribution is 2.38. The number of aliphatic hydroxyl groups is 2. The van der Waals surface area contributed by atoms with Crippen LogP contribution in [0.25, 0.3) is 11.2 Å². The van der Waals surface area contributed by atoms with Gasteiger partial charge in [0.25, 0.3) is 30.4 Å². The highest BCUT2D eigenvalue weighted by molar-refractivity contribution is 7.86. The summed E-state index contributed by atoms with van der Waals surface area (Å²) >= 11 is 0. The molecule has 0 aromatic carbocycles. The maximum absolute atomic E-state index is 11.9. The fraction of sp³-hybridized carbons (Fsp3) is 0.643. The smallest absolute Gasteiger partial charge is 0.264 e. The lowest BCUT2D eigenvalue weighted by Crippen LogP contribution is -2.64. The molecule has 0 spiro atoms. The maximum atomic E-state index is 11.9. The van der Waals surface area contributed by atoms with E-state index < -0.39 is 66.9 Å². The molecule has 1 saturated carbocycles. The molecular weight excluding hydrogens is 510 g/mol. The van der Waals surface area contributed by atoms with Crippen molar-refractivity contribution >= 4 is 47.3 Å². The molecule has 0 aliphatic heterocycles. The van der Waals surface area contributed by atoms with E-state index in [1.54, 1.807) is 0 Å². The predicted octanol–water partition coefficient (Wildman–Crippen LogP) is -3.28. The van der Waals surface area contributed by atoms with E-state index in [0.29, 0.717) is 18.8 Å². The van der Waals surface area contributed by atoms with Gasteiger partial charge in [-0.05, 0) is 0 Å². The van der Waals surface area contributed by atoms with Crippen LogP contribution >= 0.6 is 0 Å². The molecule has 186 valence electrons. The lowest BCUT2D eigenvalue weighted by atomic mass is 9.83. The number of hydrogen-bond acceptors (Lipinski definition) is 15. The molecule has 4 atom stereocenters. The van der Waals surface area contributed by atoms with Gasteiger partial charge in [0.15, 0.2) is 11.5 Å². The zero-order chi connectivity index (χ0) is 24.9. The normalized spacial score (nSPS) is 29.4. The molecule has 1 aliphatic carbocycles. The first kappa shape index (κ1) is 25.6. The highest BCUT2D eigenvalue weighted by atomic mass is 32.2. The second-order valence-corrected chi connectivity index (χ2v) is 12.2. The number of hydrogen-bond donors (Lipinski definition) is 3. The lowest BCUT2D eigenvalue weighted by molar-refractivity contribution is -0.172. The minimum atomic E-state index is -4.39. The molecule has 2 aromatic heterocycles. The number of imidazole rings is 1. The number of anilines is 1. The van der Waals surface area contributed by atoms with Gasteiger partial charge < -0.3 is 20.5 Å². The summed E-state index contributed by atoms with van der Waals surface area (Å²) in [6, 6.07) is -1.60. The van der Waals surface area contributed by atoms with Gasteiger partial charge in [-0.15, -0.1) is 0 Å². The molecule has 0 bridgehead atoms. The van der Waals surface area contributed by atoms with E-state index in [9.17, 15) is 35.5 Å². The number of aromatic nitrogens is 4. The number of nitrogens with two attached hydrogens (primary N) is 1. The van der Waals surface area contributed by atoms with Crippen molar-refractivity contribution in [2.45, 2.75) is 36.6 Å². The van der Waals surface area contributed by atoms with Gasteiger partial charge in [-0.1, -0.05) is 0 Å². The average Bonchev–Trinajstić information content (AvgIpc) is 3.04. The molecule has 3 rings (SSSR count). The molecule has 4 N–H and O–H groups in total. The second-order valence-electron chi connectivity index (χ2n) is 7.35. The molecule has 2 heterocycles. The Hall–Kier alpha value is -2.00. The molecule has 19 heteroatoms. The Balaban J connectivity index is 2.22. The Labute approximate surface area is 188 Å². The molecule has 16 nitrogen and oxygen atoms in total. The van der Waals surface area contributed by atoms with Crippen molar-refractivity contribution in [3.05, 3.63) is 12.7 Å². The zero-order valence-corrected chi connectivity index (χ0v) is 19.7. The van der Waals surface area contributed by atoms with E-state index >= 15 is 0 Å². The summed E-state index contributed by atoms with van der Waals surface area (Å²) in [4.78, 5) is 11.7. The standard InChI is InChI=1S/C14H21N5O11S3/c1-31(22,23)28-10-8(20)7(19-5-18-6-13(15)16-4-17-14(6)19)9(21)11(29-32(2,24)25)12(10)30-33(3,26)27/h4-5,7-12,20-21H,1-3H3,(H2,15,16,17)/t7?,8-,9-,10-,11-,12?/m0/s1. The van der Waals surface area contributed by atoms with Crippen LogP contribution in [0.4, 0.5) is 5.82 Å². The number of nitrogen functional groups attached to an aromatic ring is 1. The van der Waals surface area contributed by atoms with Gasteiger partial charge in [0.1, 0.15) is 42.4 Å². The first-order valence-electron chi connectivity index (χ1n) is 8.92. The Morgan fingerprint density at radius 1 is 0.818 bits per heavy atom. The van der Waals surface area contributed by atoms with Gasteiger partial charge in [0.2, 0.25) is 0 Å². The van der Waals surface area contributed by atoms with Crippen molar-refractivity contribution in [2.75, 3.05) is 24.5 Å². The summed E-state index contributed by atoms with van der Waals surface area (Å²) in [5, 5.41) is 22.0. The molecule has 0 unspecified atom stereocenters. The zero-order valence-electron chi connectivity index (χ0n) is 17.3.